The molecule has 0 saturated carbocycles. The van der Waals surface area contributed by atoms with Gasteiger partial charge in [-0.3, -0.25) is 9.59 Å². The molecule has 0 radical (unpaired) electrons. The molecule has 2 rings (SSSR count). The monoisotopic (exact) mass is 301 g/mol. The number of hydrogen-bond acceptors (Lipinski definition) is 5. The van der Waals surface area contributed by atoms with Gasteiger partial charge in [0, 0.05) is 30.6 Å². The fourth-order valence-electron chi connectivity index (χ4n) is 1.71. The number of benzene rings is 1. The van der Waals surface area contributed by atoms with E-state index in [1.807, 2.05) is 6.92 Å². The maximum atomic E-state index is 12.3. The third kappa shape index (κ3) is 4.39. The van der Waals surface area contributed by atoms with Gasteiger partial charge in [0.2, 0.25) is 5.91 Å². The van der Waals surface area contributed by atoms with Gasteiger partial charge in [-0.25, -0.2) is 9.97 Å². The minimum atomic E-state index is -0.279. The molecule has 1 N–H and O–H groups in total. The van der Waals surface area contributed by atoms with Gasteiger partial charge < -0.3 is 5.32 Å². The number of aromatic nitrogens is 2. The number of thioether (sulfide) groups is 1. The van der Waals surface area contributed by atoms with Crippen molar-refractivity contribution < 1.29 is 9.59 Å². The lowest BCUT2D eigenvalue weighted by atomic mass is 10.1. The summed E-state index contributed by atoms with van der Waals surface area (Å²) < 4.78 is 0. The first-order chi connectivity index (χ1) is 10.1. The van der Waals surface area contributed by atoms with Crippen molar-refractivity contribution in [2.45, 2.75) is 24.3 Å². The Labute approximate surface area is 127 Å². The molecule has 2 aromatic rings. The van der Waals surface area contributed by atoms with E-state index in [0.29, 0.717) is 16.4 Å². The minimum Gasteiger partial charge on any atom is -0.326 e. The van der Waals surface area contributed by atoms with Gasteiger partial charge in [-0.2, -0.15) is 0 Å². The Hall–Kier alpha value is -2.21. The van der Waals surface area contributed by atoms with Crippen LogP contribution in [0, 0.1) is 0 Å². The van der Waals surface area contributed by atoms with E-state index in [9.17, 15) is 9.59 Å². The molecule has 1 aromatic carbocycles. The van der Waals surface area contributed by atoms with Gasteiger partial charge in [-0.1, -0.05) is 11.8 Å². The number of carbonyl (C=O) groups is 2. The number of anilines is 1. The topological polar surface area (TPSA) is 72.0 Å². The van der Waals surface area contributed by atoms with E-state index in [4.69, 9.17) is 0 Å². The van der Waals surface area contributed by atoms with Gasteiger partial charge in [0.25, 0.3) is 0 Å². The molecule has 1 atom stereocenters. The van der Waals surface area contributed by atoms with E-state index < -0.39 is 0 Å². The zero-order chi connectivity index (χ0) is 15.2. The van der Waals surface area contributed by atoms with Crippen LogP contribution in [0.3, 0.4) is 0 Å². The zero-order valence-corrected chi connectivity index (χ0v) is 12.6. The van der Waals surface area contributed by atoms with Crippen molar-refractivity contribution in [1.82, 2.24) is 9.97 Å². The number of carbonyl (C=O) groups excluding carboxylic acids is 2. The molecule has 6 heteroatoms. The summed E-state index contributed by atoms with van der Waals surface area (Å²) in [6.45, 7) is 3.27. The first-order valence-electron chi connectivity index (χ1n) is 6.42. The van der Waals surface area contributed by atoms with Crippen LogP contribution in [0.4, 0.5) is 5.69 Å². The van der Waals surface area contributed by atoms with E-state index in [0.717, 1.165) is 0 Å². The largest absolute Gasteiger partial charge is 0.326 e. The molecular formula is C15H15N3O2S. The number of rotatable bonds is 5. The number of nitrogens with one attached hydrogen (secondary N) is 1. The summed E-state index contributed by atoms with van der Waals surface area (Å²) in [4.78, 5) is 31.5. The summed E-state index contributed by atoms with van der Waals surface area (Å²) in [6, 6.07) is 8.57. The molecule has 1 aromatic heterocycles. The lowest BCUT2D eigenvalue weighted by molar-refractivity contribution is -0.114. The van der Waals surface area contributed by atoms with Gasteiger partial charge in [0.15, 0.2) is 10.9 Å². The number of ketones is 1. The molecule has 0 fully saturated rings. The Balaban J connectivity index is 2.03. The molecule has 1 unspecified atom stereocenters. The van der Waals surface area contributed by atoms with Crippen molar-refractivity contribution in [2.75, 3.05) is 5.32 Å². The summed E-state index contributed by atoms with van der Waals surface area (Å²) in [6.07, 6.45) is 3.30. The first kappa shape index (κ1) is 15.2. The molecule has 0 aliphatic rings. The van der Waals surface area contributed by atoms with Crippen molar-refractivity contribution in [3.63, 3.8) is 0 Å². The summed E-state index contributed by atoms with van der Waals surface area (Å²) >= 11 is 1.32. The average Bonchev–Trinajstić information content (AvgIpc) is 2.47. The Morgan fingerprint density at radius 1 is 1.14 bits per heavy atom. The van der Waals surface area contributed by atoms with Gasteiger partial charge in [-0.15, -0.1) is 0 Å². The molecule has 0 bridgehead atoms. The van der Waals surface area contributed by atoms with E-state index >= 15 is 0 Å². The molecule has 1 heterocycles. The Kier molecular flexibility index (Phi) is 5.05. The van der Waals surface area contributed by atoms with Gasteiger partial charge in [0.05, 0.1) is 5.25 Å². The number of amides is 1. The molecule has 1 amide bonds. The third-order valence-electron chi connectivity index (χ3n) is 2.68. The maximum Gasteiger partial charge on any atom is 0.221 e. The average molecular weight is 301 g/mol. The highest BCUT2D eigenvalue weighted by molar-refractivity contribution is 8.00. The van der Waals surface area contributed by atoms with Crippen molar-refractivity contribution in [3.8, 4) is 0 Å². The van der Waals surface area contributed by atoms with Gasteiger partial charge in [-0.05, 0) is 37.3 Å². The van der Waals surface area contributed by atoms with E-state index in [-0.39, 0.29) is 16.9 Å². The van der Waals surface area contributed by atoms with E-state index in [2.05, 4.69) is 15.3 Å². The third-order valence-corrected chi connectivity index (χ3v) is 3.67. The predicted octanol–water partition coefficient (Wildman–Crippen LogP) is 2.80. The predicted molar refractivity (Wildman–Crippen MR) is 82.4 cm³/mol. The minimum absolute atomic E-state index is 0.00169. The molecule has 0 aliphatic carbocycles. The molecule has 0 aliphatic heterocycles. The standard InChI is InChI=1S/C15H15N3O2S/c1-10(21-15-16-8-3-9-17-15)14(20)12-4-6-13(7-5-12)18-11(2)19/h3-10H,1-2H3,(H,18,19). The molecule has 21 heavy (non-hydrogen) atoms. The number of nitrogens with zero attached hydrogens (tertiary/aromatic N) is 2. The SMILES string of the molecule is CC(=O)Nc1ccc(C(=O)C(C)Sc2ncccn2)cc1. The number of Topliss-reactive ketones (excluding diaryl/α,β-unsaturated/α-hetero) is 1. The Morgan fingerprint density at radius 3 is 2.33 bits per heavy atom. The highest BCUT2D eigenvalue weighted by atomic mass is 32.2. The van der Waals surface area contributed by atoms with Crippen LogP contribution >= 0.6 is 11.8 Å². The quantitative estimate of drug-likeness (QED) is 0.522. The summed E-state index contributed by atoms with van der Waals surface area (Å²) in [7, 11) is 0. The van der Waals surface area contributed by atoms with Crippen LogP contribution in [0.1, 0.15) is 24.2 Å². The Bertz CT molecular complexity index is 629. The summed E-state index contributed by atoms with van der Waals surface area (Å²) in [5.41, 5.74) is 1.27. The second-order valence-corrected chi connectivity index (χ2v) is 5.72. The van der Waals surface area contributed by atoms with Crippen molar-refractivity contribution in [2.24, 2.45) is 0 Å². The zero-order valence-electron chi connectivity index (χ0n) is 11.7. The molecule has 0 saturated heterocycles. The second kappa shape index (κ2) is 6.99. The Morgan fingerprint density at radius 2 is 1.76 bits per heavy atom. The van der Waals surface area contributed by atoms with Gasteiger partial charge >= 0.3 is 0 Å². The van der Waals surface area contributed by atoms with Crippen LogP contribution in [0.25, 0.3) is 0 Å². The summed E-state index contributed by atoms with van der Waals surface area (Å²) in [5.74, 6) is -0.138. The second-order valence-electron chi connectivity index (χ2n) is 4.41. The van der Waals surface area contributed by atoms with Crippen LogP contribution in [-0.4, -0.2) is 26.9 Å². The van der Waals surface area contributed by atoms with E-state index in [1.54, 1.807) is 42.7 Å². The lowest BCUT2D eigenvalue weighted by Gasteiger charge is -2.09. The highest BCUT2D eigenvalue weighted by Gasteiger charge is 2.17. The van der Waals surface area contributed by atoms with Crippen LogP contribution in [0.15, 0.2) is 47.9 Å². The van der Waals surface area contributed by atoms with E-state index in [1.165, 1.54) is 18.7 Å². The van der Waals surface area contributed by atoms with Crippen LogP contribution in [0.2, 0.25) is 0 Å². The summed E-state index contributed by atoms with van der Waals surface area (Å²) in [5, 5.41) is 2.96. The van der Waals surface area contributed by atoms with Crippen molar-refractivity contribution in [1.29, 1.82) is 0 Å². The fourth-order valence-corrected chi connectivity index (χ4v) is 2.52. The van der Waals surface area contributed by atoms with Crippen LogP contribution < -0.4 is 5.32 Å². The van der Waals surface area contributed by atoms with Gasteiger partial charge in [0.1, 0.15) is 0 Å². The fraction of sp³-hybridized carbons (Fsp3) is 0.200. The lowest BCUT2D eigenvalue weighted by Crippen LogP contribution is -2.14. The van der Waals surface area contributed by atoms with Crippen molar-refractivity contribution in [3.05, 3.63) is 48.3 Å². The van der Waals surface area contributed by atoms with Crippen molar-refractivity contribution >= 4 is 29.1 Å². The maximum absolute atomic E-state index is 12.3. The van der Waals surface area contributed by atoms with Crippen LogP contribution in [-0.2, 0) is 4.79 Å². The highest BCUT2D eigenvalue weighted by Crippen LogP contribution is 2.22. The number of hydrogen-bond donors (Lipinski definition) is 1. The molecular weight excluding hydrogens is 286 g/mol. The normalized spacial score (nSPS) is 11.7. The smallest absolute Gasteiger partial charge is 0.221 e. The van der Waals surface area contributed by atoms with Crippen LogP contribution in [0.5, 0.6) is 0 Å². The first-order valence-corrected chi connectivity index (χ1v) is 7.30. The molecule has 108 valence electrons. The molecule has 5 nitrogen and oxygen atoms in total. The molecule has 0 spiro atoms.